The number of carbonyl (C=O) groups is 2. The molecule has 19 heavy (non-hydrogen) atoms. The maximum absolute atomic E-state index is 12.5. The van der Waals surface area contributed by atoms with Gasteiger partial charge in [0.15, 0.2) is 0 Å². The summed E-state index contributed by atoms with van der Waals surface area (Å²) in [6, 6.07) is 4.21. The van der Waals surface area contributed by atoms with Crippen LogP contribution in [0.4, 0.5) is 13.2 Å². The summed E-state index contributed by atoms with van der Waals surface area (Å²) in [6.07, 6.45) is -5.40. The second kappa shape index (κ2) is 5.73. The molecule has 0 aromatic heterocycles. The van der Waals surface area contributed by atoms with Crippen molar-refractivity contribution in [3.05, 3.63) is 35.4 Å². The topological polar surface area (TPSA) is 74.6 Å². The maximum atomic E-state index is 12.5. The fourth-order valence-electron chi connectivity index (χ4n) is 1.62. The lowest BCUT2D eigenvalue weighted by Gasteiger charge is -2.12. The van der Waals surface area contributed by atoms with Gasteiger partial charge in [-0.25, -0.2) is 0 Å². The number of alkyl halides is 3. The minimum atomic E-state index is -4.51. The van der Waals surface area contributed by atoms with Crippen LogP contribution >= 0.6 is 0 Å². The number of carboxylic acids is 2. The number of halogens is 3. The van der Waals surface area contributed by atoms with Gasteiger partial charge in [0.1, 0.15) is 0 Å². The van der Waals surface area contributed by atoms with E-state index in [1.165, 1.54) is 6.07 Å². The van der Waals surface area contributed by atoms with Crippen LogP contribution in [-0.2, 0) is 22.2 Å². The van der Waals surface area contributed by atoms with Crippen molar-refractivity contribution < 1.29 is 33.0 Å². The summed E-state index contributed by atoms with van der Waals surface area (Å²) >= 11 is 0. The van der Waals surface area contributed by atoms with E-state index >= 15 is 0 Å². The number of benzene rings is 1. The Morgan fingerprint density at radius 3 is 2.32 bits per heavy atom. The molecule has 1 aromatic rings. The minimum Gasteiger partial charge on any atom is -0.481 e. The Hall–Kier alpha value is -2.05. The van der Waals surface area contributed by atoms with Gasteiger partial charge in [0.25, 0.3) is 0 Å². The van der Waals surface area contributed by atoms with Crippen LogP contribution in [0.15, 0.2) is 24.3 Å². The molecule has 1 rings (SSSR count). The molecule has 4 nitrogen and oxygen atoms in total. The SMILES string of the molecule is O=C(O)C[C@@H](Cc1cccc(C(F)(F)F)c1)C(=O)O. The van der Waals surface area contributed by atoms with Crippen LogP contribution in [0, 0.1) is 5.92 Å². The smallest absolute Gasteiger partial charge is 0.416 e. The normalized spacial score (nSPS) is 13.0. The average molecular weight is 276 g/mol. The van der Waals surface area contributed by atoms with Crippen molar-refractivity contribution >= 4 is 11.9 Å². The van der Waals surface area contributed by atoms with Crippen LogP contribution in [0.25, 0.3) is 0 Å². The first kappa shape index (κ1) is 15.0. The highest BCUT2D eigenvalue weighted by atomic mass is 19.4. The zero-order chi connectivity index (χ0) is 14.6. The Labute approximate surface area is 106 Å². The molecule has 0 spiro atoms. The molecule has 0 saturated carbocycles. The number of carboxylic acid groups (broad SMARTS) is 2. The lowest BCUT2D eigenvalue weighted by molar-refractivity contribution is -0.148. The Morgan fingerprint density at radius 1 is 1.21 bits per heavy atom. The van der Waals surface area contributed by atoms with Crippen LogP contribution in [0.5, 0.6) is 0 Å². The van der Waals surface area contributed by atoms with Crippen LogP contribution in [0.2, 0.25) is 0 Å². The van der Waals surface area contributed by atoms with Gasteiger partial charge in [-0.3, -0.25) is 9.59 Å². The standard InChI is InChI=1S/C12H11F3O4/c13-12(14,15)9-3-1-2-7(5-9)4-8(11(18)19)6-10(16)17/h1-3,5,8H,4,6H2,(H,16,17)(H,18,19)/t8-/m1/s1. The molecule has 1 atom stereocenters. The van der Waals surface area contributed by atoms with Crippen LogP contribution in [-0.4, -0.2) is 22.2 Å². The molecule has 0 heterocycles. The van der Waals surface area contributed by atoms with Crippen molar-refractivity contribution in [2.45, 2.75) is 19.0 Å². The van der Waals surface area contributed by atoms with Crippen molar-refractivity contribution in [2.24, 2.45) is 5.92 Å². The van der Waals surface area contributed by atoms with Crippen molar-refractivity contribution in [3.8, 4) is 0 Å². The number of hydrogen-bond donors (Lipinski definition) is 2. The molecule has 7 heteroatoms. The second-order valence-electron chi connectivity index (χ2n) is 4.04. The Kier molecular flexibility index (Phi) is 4.52. The lowest BCUT2D eigenvalue weighted by atomic mass is 9.95. The van der Waals surface area contributed by atoms with Gasteiger partial charge in [-0.05, 0) is 18.1 Å². The molecule has 104 valence electrons. The highest BCUT2D eigenvalue weighted by molar-refractivity contribution is 5.78. The summed E-state index contributed by atoms with van der Waals surface area (Å²) in [7, 11) is 0. The van der Waals surface area contributed by atoms with E-state index in [0.717, 1.165) is 18.2 Å². The van der Waals surface area contributed by atoms with Crippen LogP contribution in [0.1, 0.15) is 17.5 Å². The molecule has 0 bridgehead atoms. The summed E-state index contributed by atoms with van der Waals surface area (Å²) in [5.74, 6) is -3.90. The predicted molar refractivity (Wildman–Crippen MR) is 58.5 cm³/mol. The number of aliphatic carboxylic acids is 2. The molecular formula is C12H11F3O4. The monoisotopic (exact) mass is 276 g/mol. The molecule has 1 aromatic carbocycles. The Morgan fingerprint density at radius 2 is 1.84 bits per heavy atom. The van der Waals surface area contributed by atoms with Gasteiger partial charge in [-0.15, -0.1) is 0 Å². The first-order valence-corrected chi connectivity index (χ1v) is 5.31. The first-order chi connectivity index (χ1) is 8.70. The molecule has 0 aliphatic carbocycles. The van der Waals surface area contributed by atoms with Gasteiger partial charge in [0.2, 0.25) is 0 Å². The van der Waals surface area contributed by atoms with Gasteiger partial charge in [0, 0.05) is 0 Å². The molecule has 0 aliphatic heterocycles. The Balaban J connectivity index is 2.91. The predicted octanol–water partition coefficient (Wildman–Crippen LogP) is 2.42. The average Bonchev–Trinajstić information content (AvgIpc) is 2.26. The molecule has 0 radical (unpaired) electrons. The summed E-state index contributed by atoms with van der Waals surface area (Å²) in [6.45, 7) is 0. The molecule has 0 amide bonds. The molecule has 0 unspecified atom stereocenters. The van der Waals surface area contributed by atoms with Gasteiger partial charge < -0.3 is 10.2 Å². The Bertz CT molecular complexity index is 482. The van der Waals surface area contributed by atoms with Crippen molar-refractivity contribution in [2.75, 3.05) is 0 Å². The van der Waals surface area contributed by atoms with Gasteiger partial charge in [-0.1, -0.05) is 18.2 Å². The minimum absolute atomic E-state index is 0.142. The number of rotatable bonds is 5. The molecule has 2 N–H and O–H groups in total. The third kappa shape index (κ3) is 4.61. The van der Waals surface area contributed by atoms with E-state index in [1.807, 2.05) is 0 Å². The molecular weight excluding hydrogens is 265 g/mol. The molecule has 0 fully saturated rings. The van der Waals surface area contributed by atoms with Gasteiger partial charge >= 0.3 is 18.1 Å². The van der Waals surface area contributed by atoms with Gasteiger partial charge in [-0.2, -0.15) is 13.2 Å². The van der Waals surface area contributed by atoms with Crippen molar-refractivity contribution in [1.82, 2.24) is 0 Å². The first-order valence-electron chi connectivity index (χ1n) is 5.31. The zero-order valence-corrected chi connectivity index (χ0v) is 9.65. The zero-order valence-electron chi connectivity index (χ0n) is 9.65. The molecule has 0 saturated heterocycles. The van der Waals surface area contributed by atoms with Crippen molar-refractivity contribution in [1.29, 1.82) is 0 Å². The van der Waals surface area contributed by atoms with E-state index in [0.29, 0.717) is 0 Å². The maximum Gasteiger partial charge on any atom is 0.416 e. The van der Waals surface area contributed by atoms with Crippen LogP contribution in [0.3, 0.4) is 0 Å². The third-order valence-electron chi connectivity index (χ3n) is 2.51. The number of hydrogen-bond acceptors (Lipinski definition) is 2. The lowest BCUT2D eigenvalue weighted by Crippen LogP contribution is -2.20. The largest absolute Gasteiger partial charge is 0.481 e. The van der Waals surface area contributed by atoms with Crippen LogP contribution < -0.4 is 0 Å². The highest BCUT2D eigenvalue weighted by Crippen LogP contribution is 2.30. The van der Waals surface area contributed by atoms with E-state index < -0.39 is 36.0 Å². The fraction of sp³-hybridized carbons (Fsp3) is 0.333. The summed E-state index contributed by atoms with van der Waals surface area (Å²) in [4.78, 5) is 21.3. The highest BCUT2D eigenvalue weighted by Gasteiger charge is 2.31. The van der Waals surface area contributed by atoms with E-state index in [9.17, 15) is 22.8 Å². The fourth-order valence-corrected chi connectivity index (χ4v) is 1.62. The molecule has 0 aliphatic rings. The van der Waals surface area contributed by atoms with E-state index in [2.05, 4.69) is 0 Å². The summed E-state index contributed by atoms with van der Waals surface area (Å²) in [5, 5.41) is 17.4. The van der Waals surface area contributed by atoms with E-state index in [4.69, 9.17) is 10.2 Å². The van der Waals surface area contributed by atoms with Crippen molar-refractivity contribution in [3.63, 3.8) is 0 Å². The van der Waals surface area contributed by atoms with Gasteiger partial charge in [0.05, 0.1) is 17.9 Å². The summed E-state index contributed by atoms with van der Waals surface area (Å²) in [5.41, 5.74) is -0.743. The van der Waals surface area contributed by atoms with E-state index in [1.54, 1.807) is 0 Å². The quantitative estimate of drug-likeness (QED) is 0.866. The summed E-state index contributed by atoms with van der Waals surface area (Å²) < 4.78 is 37.4. The third-order valence-corrected chi connectivity index (χ3v) is 2.51. The van der Waals surface area contributed by atoms with E-state index in [-0.39, 0.29) is 12.0 Å². The second-order valence-corrected chi connectivity index (χ2v) is 4.04.